The average molecular weight is 380 g/mol. The van der Waals surface area contributed by atoms with Gasteiger partial charge in [-0.15, -0.1) is 0 Å². The van der Waals surface area contributed by atoms with Crippen LogP contribution in [0, 0.1) is 11.8 Å². The lowest BCUT2D eigenvalue weighted by Crippen LogP contribution is -2.19. The van der Waals surface area contributed by atoms with Crippen LogP contribution in [0.1, 0.15) is 50.8 Å². The van der Waals surface area contributed by atoms with E-state index in [4.69, 9.17) is 15.6 Å². The molecule has 0 bridgehead atoms. The van der Waals surface area contributed by atoms with Crippen molar-refractivity contribution in [1.82, 2.24) is 14.8 Å². The van der Waals surface area contributed by atoms with Gasteiger partial charge in [0.1, 0.15) is 0 Å². The first-order valence-electron chi connectivity index (χ1n) is 9.29. The number of nitrogen functional groups attached to an aromatic ring is 1. The molecule has 2 saturated carbocycles. The van der Waals surface area contributed by atoms with Crippen molar-refractivity contribution in [3.63, 3.8) is 0 Å². The van der Waals surface area contributed by atoms with Crippen molar-refractivity contribution in [2.24, 2.45) is 11.8 Å². The average Bonchev–Trinajstić information content (AvgIpc) is 2.98. The SMILES string of the molecule is CC(C)n1nc(-c2cnc(N)c(OCC(F)(F)F)c2)cc1C1[C@H]2CCC[C@@H]12. The number of hydrogen-bond donors (Lipinski definition) is 1. The third kappa shape index (κ3) is 3.49. The minimum atomic E-state index is -4.43. The number of nitrogens with two attached hydrogens (primary N) is 1. The normalized spacial score (nSPS) is 24.3. The quantitative estimate of drug-likeness (QED) is 0.826. The summed E-state index contributed by atoms with van der Waals surface area (Å²) < 4.78 is 44.2. The Hall–Kier alpha value is -2.25. The van der Waals surface area contributed by atoms with Crippen LogP contribution in [0.25, 0.3) is 11.3 Å². The van der Waals surface area contributed by atoms with Gasteiger partial charge in [0, 0.05) is 29.4 Å². The number of fused-ring (bicyclic) bond motifs is 1. The molecule has 0 spiro atoms. The Bertz CT molecular complexity index is 836. The lowest BCUT2D eigenvalue weighted by molar-refractivity contribution is -0.153. The van der Waals surface area contributed by atoms with Crippen LogP contribution < -0.4 is 10.5 Å². The highest BCUT2D eigenvalue weighted by Gasteiger charge is 2.54. The third-order valence-corrected chi connectivity index (χ3v) is 5.57. The summed E-state index contributed by atoms with van der Waals surface area (Å²) in [5.74, 6) is 1.91. The predicted octanol–water partition coefficient (Wildman–Crippen LogP) is 4.56. The molecule has 2 fully saturated rings. The van der Waals surface area contributed by atoms with E-state index in [9.17, 15) is 13.2 Å². The van der Waals surface area contributed by atoms with Crippen LogP contribution in [0.15, 0.2) is 18.3 Å². The second-order valence-electron chi connectivity index (χ2n) is 7.79. The highest BCUT2D eigenvalue weighted by atomic mass is 19.4. The molecule has 2 aliphatic carbocycles. The number of ether oxygens (including phenoxy) is 1. The molecule has 2 aliphatic rings. The summed E-state index contributed by atoms with van der Waals surface area (Å²) in [7, 11) is 0. The zero-order valence-electron chi connectivity index (χ0n) is 15.3. The smallest absolute Gasteiger partial charge is 0.422 e. The van der Waals surface area contributed by atoms with E-state index in [0.29, 0.717) is 17.2 Å². The van der Waals surface area contributed by atoms with Gasteiger partial charge < -0.3 is 10.5 Å². The van der Waals surface area contributed by atoms with Gasteiger partial charge in [-0.05, 0) is 50.7 Å². The van der Waals surface area contributed by atoms with Crippen LogP contribution in [-0.2, 0) is 0 Å². The summed E-state index contributed by atoms with van der Waals surface area (Å²) in [5, 5.41) is 4.71. The maximum atomic E-state index is 12.4. The van der Waals surface area contributed by atoms with Crippen LogP contribution in [0.2, 0.25) is 0 Å². The minimum Gasteiger partial charge on any atom is -0.480 e. The van der Waals surface area contributed by atoms with Gasteiger partial charge in [0.2, 0.25) is 0 Å². The van der Waals surface area contributed by atoms with Crippen molar-refractivity contribution in [1.29, 1.82) is 0 Å². The van der Waals surface area contributed by atoms with Gasteiger partial charge in [-0.3, -0.25) is 4.68 Å². The molecule has 0 radical (unpaired) electrons. The van der Waals surface area contributed by atoms with Crippen molar-refractivity contribution in [2.45, 2.75) is 51.2 Å². The highest BCUT2D eigenvalue weighted by molar-refractivity contribution is 5.64. The van der Waals surface area contributed by atoms with Crippen molar-refractivity contribution in [2.75, 3.05) is 12.3 Å². The van der Waals surface area contributed by atoms with Gasteiger partial charge in [-0.2, -0.15) is 18.3 Å². The van der Waals surface area contributed by atoms with Crippen LogP contribution in [0.3, 0.4) is 0 Å². The summed E-state index contributed by atoms with van der Waals surface area (Å²) in [6, 6.07) is 3.74. The zero-order chi connectivity index (χ0) is 19.3. The molecule has 2 aromatic rings. The zero-order valence-corrected chi connectivity index (χ0v) is 15.3. The molecule has 3 atom stereocenters. The Morgan fingerprint density at radius 3 is 2.59 bits per heavy atom. The molecular weight excluding hydrogens is 357 g/mol. The summed E-state index contributed by atoms with van der Waals surface area (Å²) >= 11 is 0. The second kappa shape index (κ2) is 6.42. The number of aromatic nitrogens is 3. The number of rotatable bonds is 5. The first-order valence-corrected chi connectivity index (χ1v) is 9.29. The standard InChI is InChI=1S/C19H23F3N4O/c1-10(2)26-15(17-12-4-3-5-13(12)17)7-14(25-26)11-6-16(18(23)24-8-11)27-9-19(20,21)22/h6-8,10,12-13,17H,3-5,9H2,1-2H3,(H2,23,24)/t12-,13+,17?. The molecule has 27 heavy (non-hydrogen) atoms. The minimum absolute atomic E-state index is 0.0664. The van der Waals surface area contributed by atoms with Gasteiger partial charge in [0.25, 0.3) is 0 Å². The van der Waals surface area contributed by atoms with E-state index < -0.39 is 12.8 Å². The molecule has 2 N–H and O–H groups in total. The second-order valence-corrected chi connectivity index (χ2v) is 7.79. The van der Waals surface area contributed by atoms with E-state index in [1.807, 2.05) is 10.7 Å². The molecule has 0 aromatic carbocycles. The van der Waals surface area contributed by atoms with Gasteiger partial charge in [-0.1, -0.05) is 6.42 Å². The Balaban J connectivity index is 1.63. The number of anilines is 1. The fourth-order valence-corrected chi connectivity index (χ4v) is 4.34. The van der Waals surface area contributed by atoms with E-state index >= 15 is 0 Å². The Morgan fingerprint density at radius 1 is 1.26 bits per heavy atom. The fourth-order valence-electron chi connectivity index (χ4n) is 4.34. The predicted molar refractivity (Wildman–Crippen MR) is 95.4 cm³/mol. The van der Waals surface area contributed by atoms with Gasteiger partial charge in [0.05, 0.1) is 5.69 Å². The molecule has 0 saturated heterocycles. The molecule has 2 heterocycles. The van der Waals surface area contributed by atoms with Crippen molar-refractivity contribution < 1.29 is 17.9 Å². The third-order valence-electron chi connectivity index (χ3n) is 5.57. The molecule has 146 valence electrons. The Morgan fingerprint density at radius 2 is 1.96 bits per heavy atom. The molecule has 4 rings (SSSR count). The van der Waals surface area contributed by atoms with E-state index in [2.05, 4.69) is 18.8 Å². The number of alkyl halides is 3. The van der Waals surface area contributed by atoms with Crippen LogP contribution in [0.5, 0.6) is 5.75 Å². The molecule has 1 unspecified atom stereocenters. The molecule has 2 aromatic heterocycles. The molecule has 0 amide bonds. The maximum absolute atomic E-state index is 12.4. The van der Waals surface area contributed by atoms with E-state index in [0.717, 1.165) is 11.8 Å². The lowest BCUT2D eigenvalue weighted by atomic mass is 10.1. The van der Waals surface area contributed by atoms with Crippen molar-refractivity contribution in [3.8, 4) is 17.0 Å². The number of hydrogen-bond acceptors (Lipinski definition) is 4. The summed E-state index contributed by atoms with van der Waals surface area (Å²) in [6.07, 6.45) is 0.939. The van der Waals surface area contributed by atoms with Crippen molar-refractivity contribution >= 4 is 5.82 Å². The van der Waals surface area contributed by atoms with E-state index in [1.54, 1.807) is 0 Å². The molecule has 8 heteroatoms. The highest BCUT2D eigenvalue weighted by Crippen LogP contribution is 2.63. The Kier molecular flexibility index (Phi) is 4.31. The van der Waals surface area contributed by atoms with Gasteiger partial charge in [0.15, 0.2) is 18.2 Å². The summed E-state index contributed by atoms with van der Waals surface area (Å²) in [6.45, 7) is 2.76. The number of pyridine rings is 1. The first-order chi connectivity index (χ1) is 12.7. The number of halogens is 3. The molecule has 0 aliphatic heterocycles. The van der Waals surface area contributed by atoms with Crippen LogP contribution in [-0.4, -0.2) is 27.5 Å². The largest absolute Gasteiger partial charge is 0.480 e. The topological polar surface area (TPSA) is 66.0 Å². The lowest BCUT2D eigenvalue weighted by Gasteiger charge is -2.12. The van der Waals surface area contributed by atoms with E-state index in [1.165, 1.54) is 37.2 Å². The summed E-state index contributed by atoms with van der Waals surface area (Å²) in [4.78, 5) is 3.99. The maximum Gasteiger partial charge on any atom is 0.422 e. The van der Waals surface area contributed by atoms with E-state index in [-0.39, 0.29) is 17.6 Å². The van der Waals surface area contributed by atoms with Gasteiger partial charge in [-0.25, -0.2) is 4.98 Å². The number of nitrogens with zero attached hydrogens (tertiary/aromatic N) is 3. The van der Waals surface area contributed by atoms with Crippen LogP contribution in [0.4, 0.5) is 19.0 Å². The van der Waals surface area contributed by atoms with Crippen LogP contribution >= 0.6 is 0 Å². The summed E-state index contributed by atoms with van der Waals surface area (Å²) in [5.41, 5.74) is 8.18. The monoisotopic (exact) mass is 380 g/mol. The Labute approximate surface area is 155 Å². The molecule has 5 nitrogen and oxygen atoms in total. The van der Waals surface area contributed by atoms with Crippen molar-refractivity contribution in [3.05, 3.63) is 24.0 Å². The molecular formula is C19H23F3N4O. The van der Waals surface area contributed by atoms with Gasteiger partial charge >= 0.3 is 6.18 Å². The fraction of sp³-hybridized carbons (Fsp3) is 0.579. The first kappa shape index (κ1) is 18.1.